The minimum Gasteiger partial charge on any atom is -0.294 e. The lowest BCUT2D eigenvalue weighted by atomic mass is 10.1. The Kier molecular flexibility index (Phi) is 7.91. The third kappa shape index (κ3) is 5.82. The molecule has 0 radical (unpaired) electrons. The Balaban J connectivity index is 1.54. The van der Waals surface area contributed by atoms with Gasteiger partial charge in [0.25, 0.3) is 10.0 Å². The molecule has 0 saturated carbocycles. The van der Waals surface area contributed by atoms with Crippen molar-refractivity contribution >= 4 is 44.1 Å². The molecule has 4 nitrogen and oxygen atoms in total. The van der Waals surface area contributed by atoms with Crippen molar-refractivity contribution in [3.05, 3.63) is 136 Å². The summed E-state index contributed by atoms with van der Waals surface area (Å²) in [5.41, 5.74) is 4.54. The maximum absolute atomic E-state index is 14.0. The van der Waals surface area contributed by atoms with E-state index in [9.17, 15) is 8.42 Å². The molecule has 194 valence electrons. The van der Waals surface area contributed by atoms with Crippen molar-refractivity contribution in [2.24, 2.45) is 0 Å². The van der Waals surface area contributed by atoms with E-state index in [-0.39, 0.29) is 4.90 Å². The van der Waals surface area contributed by atoms with Crippen LogP contribution in [0.3, 0.4) is 0 Å². The molecule has 4 aromatic carbocycles. The Morgan fingerprint density at radius 3 is 1.92 bits per heavy atom. The second-order valence-corrected chi connectivity index (χ2v) is 12.1. The van der Waals surface area contributed by atoms with Crippen LogP contribution < -0.4 is 0 Å². The summed E-state index contributed by atoms with van der Waals surface area (Å²) in [5.74, 6) is 0. The van der Waals surface area contributed by atoms with E-state index in [4.69, 9.17) is 23.2 Å². The van der Waals surface area contributed by atoms with Crippen molar-refractivity contribution in [3.63, 3.8) is 0 Å². The molecule has 0 atom stereocenters. The Labute approximate surface area is 234 Å². The van der Waals surface area contributed by atoms with Crippen molar-refractivity contribution < 1.29 is 8.42 Å². The highest BCUT2D eigenvalue weighted by molar-refractivity contribution is 7.90. The second-order valence-electron chi connectivity index (χ2n) is 9.47. The molecule has 0 aliphatic rings. The number of hydrogen-bond acceptors (Lipinski definition) is 3. The molecule has 0 saturated heterocycles. The molecular formula is C31H28Cl2N2O2S. The average molecular weight is 564 g/mol. The van der Waals surface area contributed by atoms with Gasteiger partial charge in [0.05, 0.1) is 15.4 Å². The van der Waals surface area contributed by atoms with Gasteiger partial charge in [-0.15, -0.1) is 0 Å². The molecule has 0 spiro atoms. The summed E-state index contributed by atoms with van der Waals surface area (Å²) in [6.45, 7) is 4.07. The third-order valence-corrected chi connectivity index (χ3v) is 8.92. The maximum Gasteiger partial charge on any atom is 0.268 e. The van der Waals surface area contributed by atoms with Crippen molar-refractivity contribution in [2.45, 2.75) is 31.3 Å². The Morgan fingerprint density at radius 1 is 0.763 bits per heavy atom. The van der Waals surface area contributed by atoms with Crippen LogP contribution in [0.15, 0.2) is 108 Å². The van der Waals surface area contributed by atoms with Gasteiger partial charge in [-0.1, -0.05) is 102 Å². The number of rotatable bonds is 9. The van der Waals surface area contributed by atoms with Crippen LogP contribution in [0.2, 0.25) is 10.0 Å². The van der Waals surface area contributed by atoms with Crippen molar-refractivity contribution in [1.29, 1.82) is 0 Å². The first-order chi connectivity index (χ1) is 18.3. The molecule has 5 aromatic rings. The fourth-order valence-electron chi connectivity index (χ4n) is 4.71. The number of aryl methyl sites for hydroxylation is 1. The molecular weight excluding hydrogens is 535 g/mol. The normalized spacial score (nSPS) is 11.9. The predicted molar refractivity (Wildman–Crippen MR) is 156 cm³/mol. The molecule has 0 unspecified atom stereocenters. The summed E-state index contributed by atoms with van der Waals surface area (Å²) < 4.78 is 29.3. The van der Waals surface area contributed by atoms with Crippen LogP contribution in [0.25, 0.3) is 10.9 Å². The molecule has 0 aliphatic heterocycles. The SMILES string of the molecule is Cc1ccc(S(=O)(=O)n2c(CCN(Cc3ccccc3)Cc3ccccc3)cc3c(Cl)cc(Cl)cc32)cc1. The van der Waals surface area contributed by atoms with E-state index in [0.717, 1.165) is 18.7 Å². The van der Waals surface area contributed by atoms with Gasteiger partial charge < -0.3 is 0 Å². The lowest BCUT2D eigenvalue weighted by Crippen LogP contribution is -2.26. The monoisotopic (exact) mass is 562 g/mol. The highest BCUT2D eigenvalue weighted by Crippen LogP contribution is 2.34. The minimum atomic E-state index is -3.89. The van der Waals surface area contributed by atoms with Crippen LogP contribution in [-0.2, 0) is 29.5 Å². The summed E-state index contributed by atoms with van der Waals surface area (Å²) in [5, 5.41) is 1.48. The van der Waals surface area contributed by atoms with E-state index in [0.29, 0.717) is 39.6 Å². The van der Waals surface area contributed by atoms with Gasteiger partial charge in [-0.3, -0.25) is 4.90 Å². The second kappa shape index (κ2) is 11.3. The van der Waals surface area contributed by atoms with Crippen LogP contribution in [0.4, 0.5) is 0 Å². The highest BCUT2D eigenvalue weighted by Gasteiger charge is 2.25. The van der Waals surface area contributed by atoms with Crippen LogP contribution in [0, 0.1) is 6.92 Å². The van der Waals surface area contributed by atoms with Crippen LogP contribution >= 0.6 is 23.2 Å². The average Bonchev–Trinajstić information content (AvgIpc) is 3.28. The molecule has 1 aromatic heterocycles. The van der Waals surface area contributed by atoms with Crippen LogP contribution in [-0.4, -0.2) is 23.8 Å². The van der Waals surface area contributed by atoms with Gasteiger partial charge >= 0.3 is 0 Å². The van der Waals surface area contributed by atoms with E-state index in [1.807, 2.05) is 49.4 Å². The quantitative estimate of drug-likeness (QED) is 0.184. The van der Waals surface area contributed by atoms with Gasteiger partial charge in [-0.25, -0.2) is 12.4 Å². The standard InChI is InChI=1S/C31H28Cl2N2O2S/c1-23-12-14-28(15-13-23)38(36,37)35-27(20-29-30(33)18-26(32)19-31(29)35)16-17-34(21-24-8-4-2-5-9-24)22-25-10-6-3-7-11-25/h2-15,18-20H,16-17,21-22H2,1H3. The van der Waals surface area contributed by atoms with Gasteiger partial charge in [-0.05, 0) is 48.4 Å². The summed E-state index contributed by atoms with van der Waals surface area (Å²) in [6, 6.07) is 32.7. The Hall–Kier alpha value is -3.09. The minimum absolute atomic E-state index is 0.225. The molecule has 0 N–H and O–H groups in total. The first-order valence-electron chi connectivity index (χ1n) is 12.4. The molecule has 0 fully saturated rings. The van der Waals surface area contributed by atoms with E-state index in [1.54, 1.807) is 36.4 Å². The summed E-state index contributed by atoms with van der Waals surface area (Å²) in [6.07, 6.45) is 0.507. The highest BCUT2D eigenvalue weighted by atomic mass is 35.5. The van der Waals surface area contributed by atoms with Gasteiger partial charge in [0.1, 0.15) is 0 Å². The molecule has 0 aliphatic carbocycles. The fourth-order valence-corrected chi connectivity index (χ4v) is 6.80. The number of benzene rings is 4. The fraction of sp³-hybridized carbons (Fsp3) is 0.161. The van der Waals surface area contributed by atoms with Crippen LogP contribution in [0.1, 0.15) is 22.4 Å². The number of hydrogen-bond donors (Lipinski definition) is 0. The Morgan fingerprint density at radius 2 is 1.34 bits per heavy atom. The zero-order chi connectivity index (χ0) is 26.7. The zero-order valence-corrected chi connectivity index (χ0v) is 23.3. The predicted octanol–water partition coefficient (Wildman–Crippen LogP) is 7.74. The van der Waals surface area contributed by atoms with Crippen LogP contribution in [0.5, 0.6) is 0 Å². The number of nitrogens with zero attached hydrogens (tertiary/aromatic N) is 2. The summed E-state index contributed by atoms with van der Waals surface area (Å²) in [4.78, 5) is 2.56. The molecule has 1 heterocycles. The largest absolute Gasteiger partial charge is 0.294 e. The number of aromatic nitrogens is 1. The van der Waals surface area contributed by atoms with E-state index < -0.39 is 10.0 Å². The summed E-state index contributed by atoms with van der Waals surface area (Å²) in [7, 11) is -3.89. The first-order valence-corrected chi connectivity index (χ1v) is 14.6. The lowest BCUT2D eigenvalue weighted by Gasteiger charge is -2.23. The summed E-state index contributed by atoms with van der Waals surface area (Å²) >= 11 is 12.9. The van der Waals surface area contributed by atoms with Gasteiger partial charge in [0.15, 0.2) is 0 Å². The molecule has 5 rings (SSSR count). The van der Waals surface area contributed by atoms with E-state index in [2.05, 4.69) is 29.2 Å². The van der Waals surface area contributed by atoms with E-state index in [1.165, 1.54) is 15.1 Å². The number of halogens is 2. The topological polar surface area (TPSA) is 42.3 Å². The smallest absolute Gasteiger partial charge is 0.268 e. The molecule has 0 amide bonds. The molecule has 0 bridgehead atoms. The van der Waals surface area contributed by atoms with Crippen molar-refractivity contribution in [2.75, 3.05) is 6.54 Å². The first kappa shape index (κ1) is 26.5. The van der Waals surface area contributed by atoms with Crippen molar-refractivity contribution in [3.8, 4) is 0 Å². The maximum atomic E-state index is 14.0. The van der Waals surface area contributed by atoms with E-state index >= 15 is 0 Å². The third-order valence-electron chi connectivity index (χ3n) is 6.60. The van der Waals surface area contributed by atoms with Gasteiger partial charge in [0, 0.05) is 42.2 Å². The lowest BCUT2D eigenvalue weighted by molar-refractivity contribution is 0.259. The van der Waals surface area contributed by atoms with Gasteiger partial charge in [0.2, 0.25) is 0 Å². The Bertz CT molecular complexity index is 1610. The van der Waals surface area contributed by atoms with Gasteiger partial charge in [-0.2, -0.15) is 0 Å². The molecule has 7 heteroatoms. The molecule has 38 heavy (non-hydrogen) atoms. The number of fused-ring (bicyclic) bond motifs is 1. The zero-order valence-electron chi connectivity index (χ0n) is 21.0. The van der Waals surface area contributed by atoms with Crippen molar-refractivity contribution in [1.82, 2.24) is 8.87 Å².